The van der Waals surface area contributed by atoms with Crippen LogP contribution in [0.4, 0.5) is 5.69 Å². The Morgan fingerprint density at radius 1 is 1.12 bits per heavy atom. The molecule has 3 aromatic rings. The molecule has 0 radical (unpaired) electrons. The Kier molecular flexibility index (Phi) is 4.49. The zero-order valence-electron chi connectivity index (χ0n) is 13.0. The molecule has 4 nitrogen and oxygen atoms in total. The summed E-state index contributed by atoms with van der Waals surface area (Å²) >= 11 is 6.03. The molecule has 2 aromatic carbocycles. The van der Waals surface area contributed by atoms with Crippen molar-refractivity contribution in [3.8, 4) is 0 Å². The standard InChI is InChI=1S/C19H15ClN2O2/c1-2-6-16(23)22-17-14-10-9-13(20)11-15(14)21-18(17)19(24)12-7-4-3-5-8-12/h2-11,21H,1H3,(H,22,23). The van der Waals surface area contributed by atoms with E-state index in [9.17, 15) is 9.59 Å². The van der Waals surface area contributed by atoms with E-state index in [-0.39, 0.29) is 11.7 Å². The van der Waals surface area contributed by atoms with E-state index in [4.69, 9.17) is 11.6 Å². The fourth-order valence-electron chi connectivity index (χ4n) is 2.52. The fraction of sp³-hybridized carbons (Fsp3) is 0.0526. The van der Waals surface area contributed by atoms with Gasteiger partial charge in [-0.3, -0.25) is 9.59 Å². The summed E-state index contributed by atoms with van der Waals surface area (Å²) in [6.45, 7) is 1.75. The second-order valence-corrected chi connectivity index (χ2v) is 5.69. The number of hydrogen-bond donors (Lipinski definition) is 2. The number of rotatable bonds is 4. The highest BCUT2D eigenvalue weighted by Crippen LogP contribution is 2.31. The van der Waals surface area contributed by atoms with Gasteiger partial charge in [0.15, 0.2) is 0 Å². The molecular formula is C19H15ClN2O2. The zero-order chi connectivity index (χ0) is 17.1. The number of benzene rings is 2. The monoisotopic (exact) mass is 338 g/mol. The molecule has 5 heteroatoms. The lowest BCUT2D eigenvalue weighted by molar-refractivity contribution is -0.111. The van der Waals surface area contributed by atoms with Crippen molar-refractivity contribution in [3.63, 3.8) is 0 Å². The quantitative estimate of drug-likeness (QED) is 0.541. The molecular weight excluding hydrogens is 324 g/mol. The third-order valence-corrected chi connectivity index (χ3v) is 3.82. The minimum absolute atomic E-state index is 0.196. The average molecular weight is 339 g/mol. The number of halogens is 1. The lowest BCUT2D eigenvalue weighted by atomic mass is 10.1. The maximum atomic E-state index is 12.8. The first-order valence-electron chi connectivity index (χ1n) is 7.45. The first-order chi connectivity index (χ1) is 11.6. The molecule has 1 amide bonds. The van der Waals surface area contributed by atoms with Crippen molar-refractivity contribution in [2.45, 2.75) is 6.92 Å². The highest BCUT2D eigenvalue weighted by molar-refractivity contribution is 6.31. The number of aromatic nitrogens is 1. The molecule has 0 fully saturated rings. The first kappa shape index (κ1) is 16.0. The maximum Gasteiger partial charge on any atom is 0.248 e. The van der Waals surface area contributed by atoms with Gasteiger partial charge in [0.1, 0.15) is 5.69 Å². The topological polar surface area (TPSA) is 62.0 Å². The normalized spacial score (nSPS) is 11.1. The number of H-pyrrole nitrogens is 1. The molecule has 0 aliphatic carbocycles. The molecule has 3 rings (SSSR count). The number of amides is 1. The van der Waals surface area contributed by atoms with Crippen molar-refractivity contribution in [3.05, 3.63) is 77.0 Å². The Labute approximate surface area is 144 Å². The van der Waals surface area contributed by atoms with Gasteiger partial charge in [0.25, 0.3) is 0 Å². The van der Waals surface area contributed by atoms with Crippen LogP contribution in [0.25, 0.3) is 10.9 Å². The van der Waals surface area contributed by atoms with Crippen LogP contribution in [0.2, 0.25) is 5.02 Å². The van der Waals surface area contributed by atoms with Crippen molar-refractivity contribution in [2.75, 3.05) is 5.32 Å². The Morgan fingerprint density at radius 2 is 1.88 bits per heavy atom. The van der Waals surface area contributed by atoms with E-state index in [0.29, 0.717) is 27.5 Å². The number of hydrogen-bond acceptors (Lipinski definition) is 2. The molecule has 24 heavy (non-hydrogen) atoms. The van der Waals surface area contributed by atoms with Gasteiger partial charge in [-0.05, 0) is 31.2 Å². The second-order valence-electron chi connectivity index (χ2n) is 5.25. The molecule has 1 heterocycles. The fourth-order valence-corrected chi connectivity index (χ4v) is 2.69. The van der Waals surface area contributed by atoms with E-state index in [1.807, 2.05) is 6.07 Å². The van der Waals surface area contributed by atoms with Crippen molar-refractivity contribution in [1.82, 2.24) is 4.98 Å². The van der Waals surface area contributed by atoms with Gasteiger partial charge in [-0.2, -0.15) is 0 Å². The first-order valence-corrected chi connectivity index (χ1v) is 7.82. The maximum absolute atomic E-state index is 12.8. The van der Waals surface area contributed by atoms with Crippen molar-refractivity contribution >= 4 is 39.9 Å². The number of nitrogens with one attached hydrogen (secondary N) is 2. The van der Waals surface area contributed by atoms with Gasteiger partial charge in [0, 0.05) is 21.5 Å². The van der Waals surface area contributed by atoms with Gasteiger partial charge < -0.3 is 10.3 Å². The Balaban J connectivity index is 2.15. The number of anilines is 1. The molecule has 1 aromatic heterocycles. The van der Waals surface area contributed by atoms with Crippen LogP contribution in [-0.2, 0) is 4.79 Å². The van der Waals surface area contributed by atoms with Crippen molar-refractivity contribution in [2.24, 2.45) is 0 Å². The second kappa shape index (κ2) is 6.72. The van der Waals surface area contributed by atoms with Gasteiger partial charge in [-0.1, -0.05) is 48.0 Å². The van der Waals surface area contributed by atoms with E-state index in [0.717, 1.165) is 5.39 Å². The lowest BCUT2D eigenvalue weighted by Crippen LogP contribution is -2.12. The molecule has 0 aliphatic rings. The molecule has 0 aliphatic heterocycles. The van der Waals surface area contributed by atoms with Crippen LogP contribution < -0.4 is 5.32 Å². The third-order valence-electron chi connectivity index (χ3n) is 3.59. The smallest absolute Gasteiger partial charge is 0.248 e. The number of ketones is 1. The van der Waals surface area contributed by atoms with Crippen molar-refractivity contribution < 1.29 is 9.59 Å². The minimum atomic E-state index is -0.296. The van der Waals surface area contributed by atoms with Crippen LogP contribution in [0.5, 0.6) is 0 Å². The summed E-state index contributed by atoms with van der Waals surface area (Å²) in [7, 11) is 0. The molecule has 2 N–H and O–H groups in total. The molecule has 0 saturated carbocycles. The summed E-state index contributed by atoms with van der Waals surface area (Å²) in [5.41, 5.74) is 2.02. The summed E-state index contributed by atoms with van der Waals surface area (Å²) in [4.78, 5) is 27.9. The predicted molar refractivity (Wildman–Crippen MR) is 96.6 cm³/mol. The molecule has 0 unspecified atom stereocenters. The highest BCUT2D eigenvalue weighted by atomic mass is 35.5. The summed E-state index contributed by atoms with van der Waals surface area (Å²) in [6.07, 6.45) is 3.05. The molecule has 120 valence electrons. The SMILES string of the molecule is CC=CC(=O)Nc1c(C(=O)c2ccccc2)[nH]c2cc(Cl)ccc12. The minimum Gasteiger partial charge on any atom is -0.350 e. The number of carbonyl (C=O) groups is 2. The van der Waals surface area contributed by atoms with Gasteiger partial charge >= 0.3 is 0 Å². The Bertz CT molecular complexity index is 943. The highest BCUT2D eigenvalue weighted by Gasteiger charge is 2.20. The third kappa shape index (κ3) is 3.09. The number of aromatic amines is 1. The van der Waals surface area contributed by atoms with Gasteiger partial charge in [-0.15, -0.1) is 0 Å². The van der Waals surface area contributed by atoms with Crippen LogP contribution in [0, 0.1) is 0 Å². The molecule has 0 saturated heterocycles. The summed E-state index contributed by atoms with van der Waals surface area (Å²) in [5, 5.41) is 4.07. The van der Waals surface area contributed by atoms with E-state index < -0.39 is 0 Å². The van der Waals surface area contributed by atoms with Gasteiger partial charge in [-0.25, -0.2) is 0 Å². The zero-order valence-corrected chi connectivity index (χ0v) is 13.7. The van der Waals surface area contributed by atoms with Gasteiger partial charge in [0.2, 0.25) is 11.7 Å². The van der Waals surface area contributed by atoms with Crippen LogP contribution >= 0.6 is 11.6 Å². The van der Waals surface area contributed by atoms with E-state index >= 15 is 0 Å². The predicted octanol–water partition coefficient (Wildman–Crippen LogP) is 4.57. The number of fused-ring (bicyclic) bond motifs is 1. The van der Waals surface area contributed by atoms with Crippen LogP contribution in [0.1, 0.15) is 23.0 Å². The summed E-state index contributed by atoms with van der Waals surface area (Å²) in [6, 6.07) is 14.1. The Hall–Kier alpha value is -2.85. The number of allylic oxidation sites excluding steroid dienone is 1. The van der Waals surface area contributed by atoms with Crippen LogP contribution in [0.3, 0.4) is 0 Å². The molecule has 0 bridgehead atoms. The van der Waals surface area contributed by atoms with Gasteiger partial charge in [0.05, 0.1) is 5.69 Å². The largest absolute Gasteiger partial charge is 0.350 e. The van der Waals surface area contributed by atoms with Crippen LogP contribution in [-0.4, -0.2) is 16.7 Å². The molecule has 0 spiro atoms. The summed E-state index contributed by atoms with van der Waals surface area (Å²) in [5.74, 6) is -0.492. The number of carbonyl (C=O) groups excluding carboxylic acids is 2. The van der Waals surface area contributed by atoms with E-state index in [2.05, 4.69) is 10.3 Å². The lowest BCUT2D eigenvalue weighted by Gasteiger charge is -2.05. The Morgan fingerprint density at radius 3 is 2.58 bits per heavy atom. The van der Waals surface area contributed by atoms with Crippen LogP contribution in [0.15, 0.2) is 60.7 Å². The molecule has 0 atom stereocenters. The van der Waals surface area contributed by atoms with E-state index in [1.54, 1.807) is 55.5 Å². The average Bonchev–Trinajstić information content (AvgIpc) is 2.92. The van der Waals surface area contributed by atoms with E-state index in [1.165, 1.54) is 6.08 Å². The summed E-state index contributed by atoms with van der Waals surface area (Å²) < 4.78 is 0. The van der Waals surface area contributed by atoms with Crippen molar-refractivity contribution in [1.29, 1.82) is 0 Å².